The maximum Gasteiger partial charge on any atom is 0.161 e. The van der Waals surface area contributed by atoms with Crippen molar-refractivity contribution in [2.45, 2.75) is 19.5 Å². The molecule has 0 unspecified atom stereocenters. The van der Waals surface area contributed by atoms with Gasteiger partial charge in [0.05, 0.1) is 20.3 Å². The number of hydrogen-bond acceptors (Lipinski definition) is 4. The lowest BCUT2D eigenvalue weighted by molar-refractivity contribution is 0.297. The number of methoxy groups -OCH3 is 1. The van der Waals surface area contributed by atoms with E-state index in [9.17, 15) is 0 Å². The highest BCUT2D eigenvalue weighted by Gasteiger charge is 2.10. The third-order valence-electron chi connectivity index (χ3n) is 3.60. The summed E-state index contributed by atoms with van der Waals surface area (Å²) < 4.78 is 16.6. The third kappa shape index (κ3) is 3.71. The average molecular weight is 299 g/mol. The van der Waals surface area contributed by atoms with E-state index in [-0.39, 0.29) is 0 Å². The molecule has 0 fully saturated rings. The number of rotatable bonds is 5. The second-order valence-corrected chi connectivity index (χ2v) is 5.29. The van der Waals surface area contributed by atoms with Gasteiger partial charge < -0.3 is 19.5 Å². The van der Waals surface area contributed by atoms with Crippen LogP contribution in [0.2, 0.25) is 0 Å². The summed E-state index contributed by atoms with van der Waals surface area (Å²) in [4.78, 5) is 0. The number of ether oxygens (including phenoxy) is 3. The normalized spacial score (nSPS) is 13.5. The summed E-state index contributed by atoms with van der Waals surface area (Å²) in [5, 5.41) is 3.44. The molecule has 2 aromatic rings. The molecule has 1 aliphatic rings. The molecule has 1 N–H and O–H groups in total. The Kier molecular flexibility index (Phi) is 4.81. The number of fused-ring (bicyclic) bond motifs is 1. The van der Waals surface area contributed by atoms with Crippen molar-refractivity contribution in [1.29, 1.82) is 0 Å². The second kappa shape index (κ2) is 7.18. The Morgan fingerprint density at radius 2 is 1.73 bits per heavy atom. The van der Waals surface area contributed by atoms with Gasteiger partial charge in [-0.25, -0.2) is 0 Å². The van der Waals surface area contributed by atoms with E-state index in [4.69, 9.17) is 14.2 Å². The molecule has 1 heterocycles. The summed E-state index contributed by atoms with van der Waals surface area (Å²) in [7, 11) is 1.68. The van der Waals surface area contributed by atoms with Crippen molar-refractivity contribution in [1.82, 2.24) is 5.32 Å². The van der Waals surface area contributed by atoms with Crippen LogP contribution in [0.5, 0.6) is 17.2 Å². The topological polar surface area (TPSA) is 39.7 Å². The molecule has 2 aromatic carbocycles. The highest BCUT2D eigenvalue weighted by atomic mass is 16.5. The van der Waals surface area contributed by atoms with Crippen LogP contribution in [0.4, 0.5) is 0 Å². The fourth-order valence-electron chi connectivity index (χ4n) is 2.45. The van der Waals surface area contributed by atoms with Crippen LogP contribution in [0.15, 0.2) is 42.5 Å². The van der Waals surface area contributed by atoms with Crippen molar-refractivity contribution >= 4 is 0 Å². The Hall–Kier alpha value is -2.20. The van der Waals surface area contributed by atoms with E-state index in [1.807, 2.05) is 24.3 Å². The van der Waals surface area contributed by atoms with Gasteiger partial charge in [0.1, 0.15) is 5.75 Å². The molecule has 0 aliphatic carbocycles. The van der Waals surface area contributed by atoms with Crippen LogP contribution in [0.25, 0.3) is 0 Å². The number of nitrogens with one attached hydrogen (secondary N) is 1. The van der Waals surface area contributed by atoms with Gasteiger partial charge in [-0.15, -0.1) is 0 Å². The van der Waals surface area contributed by atoms with Crippen LogP contribution < -0.4 is 19.5 Å². The van der Waals surface area contributed by atoms with Crippen LogP contribution in [0, 0.1) is 0 Å². The van der Waals surface area contributed by atoms with Crippen LogP contribution in [0.3, 0.4) is 0 Å². The first-order valence-corrected chi connectivity index (χ1v) is 7.57. The SMILES string of the molecule is COc1cccc(CNCc2ccc3c(c2)OCCCO3)c1. The van der Waals surface area contributed by atoms with Crippen LogP contribution in [-0.2, 0) is 13.1 Å². The first kappa shape index (κ1) is 14.7. The first-order valence-electron chi connectivity index (χ1n) is 7.57. The lowest BCUT2D eigenvalue weighted by Gasteiger charge is -2.10. The van der Waals surface area contributed by atoms with Gasteiger partial charge >= 0.3 is 0 Å². The molecule has 0 saturated carbocycles. The predicted molar refractivity (Wildman–Crippen MR) is 85.6 cm³/mol. The van der Waals surface area contributed by atoms with Gasteiger partial charge in [-0.1, -0.05) is 18.2 Å². The lowest BCUT2D eigenvalue weighted by atomic mass is 10.2. The molecule has 4 heteroatoms. The summed E-state index contributed by atoms with van der Waals surface area (Å²) in [5.41, 5.74) is 2.39. The van der Waals surface area contributed by atoms with E-state index in [1.165, 1.54) is 11.1 Å². The van der Waals surface area contributed by atoms with Crippen molar-refractivity contribution in [3.63, 3.8) is 0 Å². The summed E-state index contributed by atoms with van der Waals surface area (Å²) in [6, 6.07) is 14.2. The molecule has 4 nitrogen and oxygen atoms in total. The van der Waals surface area contributed by atoms with Gasteiger partial charge in [0.25, 0.3) is 0 Å². The smallest absolute Gasteiger partial charge is 0.161 e. The van der Waals surface area contributed by atoms with Crippen LogP contribution in [-0.4, -0.2) is 20.3 Å². The maximum absolute atomic E-state index is 5.71. The monoisotopic (exact) mass is 299 g/mol. The van der Waals surface area contributed by atoms with E-state index < -0.39 is 0 Å². The Morgan fingerprint density at radius 1 is 0.955 bits per heavy atom. The minimum absolute atomic E-state index is 0.716. The molecule has 0 saturated heterocycles. The Bertz CT molecular complexity index is 627. The van der Waals surface area contributed by atoms with E-state index in [1.54, 1.807) is 7.11 Å². The van der Waals surface area contributed by atoms with Crippen LogP contribution in [0.1, 0.15) is 17.5 Å². The first-order chi connectivity index (χ1) is 10.8. The van der Waals surface area contributed by atoms with Gasteiger partial charge in [0, 0.05) is 19.5 Å². The third-order valence-corrected chi connectivity index (χ3v) is 3.60. The van der Waals surface area contributed by atoms with E-state index >= 15 is 0 Å². The summed E-state index contributed by atoms with van der Waals surface area (Å²) >= 11 is 0. The molecular weight excluding hydrogens is 278 g/mol. The molecule has 3 rings (SSSR count). The minimum Gasteiger partial charge on any atom is -0.497 e. The molecular formula is C18H21NO3. The lowest BCUT2D eigenvalue weighted by Crippen LogP contribution is -2.12. The van der Waals surface area contributed by atoms with E-state index in [0.29, 0.717) is 6.61 Å². The Labute approximate surface area is 131 Å². The fourth-order valence-corrected chi connectivity index (χ4v) is 2.45. The van der Waals surface area contributed by atoms with E-state index in [2.05, 4.69) is 23.5 Å². The molecule has 22 heavy (non-hydrogen) atoms. The molecule has 1 aliphatic heterocycles. The molecule has 0 spiro atoms. The maximum atomic E-state index is 5.71. The molecule has 0 aromatic heterocycles. The highest BCUT2D eigenvalue weighted by Crippen LogP contribution is 2.30. The fraction of sp³-hybridized carbons (Fsp3) is 0.333. The second-order valence-electron chi connectivity index (χ2n) is 5.29. The van der Waals surface area contributed by atoms with Gasteiger partial charge in [-0.2, -0.15) is 0 Å². The number of benzene rings is 2. The molecule has 0 atom stereocenters. The zero-order valence-corrected chi connectivity index (χ0v) is 12.8. The van der Waals surface area contributed by atoms with Crippen LogP contribution >= 0.6 is 0 Å². The molecule has 0 amide bonds. The molecule has 116 valence electrons. The van der Waals surface area contributed by atoms with Gasteiger partial charge in [-0.05, 0) is 35.4 Å². The zero-order valence-electron chi connectivity index (χ0n) is 12.8. The van der Waals surface area contributed by atoms with Gasteiger partial charge in [0.15, 0.2) is 11.5 Å². The van der Waals surface area contributed by atoms with Crippen molar-refractivity contribution in [2.24, 2.45) is 0 Å². The van der Waals surface area contributed by atoms with E-state index in [0.717, 1.165) is 43.4 Å². The Morgan fingerprint density at radius 3 is 2.55 bits per heavy atom. The van der Waals surface area contributed by atoms with Crippen molar-refractivity contribution in [3.8, 4) is 17.2 Å². The number of hydrogen-bond donors (Lipinski definition) is 1. The highest BCUT2D eigenvalue weighted by molar-refractivity contribution is 5.43. The minimum atomic E-state index is 0.716. The summed E-state index contributed by atoms with van der Waals surface area (Å²) in [5.74, 6) is 2.57. The van der Waals surface area contributed by atoms with Gasteiger partial charge in [0.2, 0.25) is 0 Å². The summed E-state index contributed by atoms with van der Waals surface area (Å²) in [6.07, 6.45) is 0.929. The largest absolute Gasteiger partial charge is 0.497 e. The molecule has 0 bridgehead atoms. The molecule has 0 radical (unpaired) electrons. The Balaban J connectivity index is 1.58. The predicted octanol–water partition coefficient (Wildman–Crippen LogP) is 3.15. The zero-order chi connectivity index (χ0) is 15.2. The average Bonchev–Trinajstić information content (AvgIpc) is 2.80. The van der Waals surface area contributed by atoms with Crippen molar-refractivity contribution < 1.29 is 14.2 Å². The van der Waals surface area contributed by atoms with Crippen molar-refractivity contribution in [3.05, 3.63) is 53.6 Å². The van der Waals surface area contributed by atoms with Gasteiger partial charge in [-0.3, -0.25) is 0 Å². The quantitative estimate of drug-likeness (QED) is 0.920. The van der Waals surface area contributed by atoms with Crippen molar-refractivity contribution in [2.75, 3.05) is 20.3 Å². The summed E-state index contributed by atoms with van der Waals surface area (Å²) in [6.45, 7) is 3.02. The standard InChI is InChI=1S/C18H21NO3/c1-20-16-5-2-4-14(10-16)12-19-13-15-6-7-17-18(11-15)22-9-3-8-21-17/h2,4-7,10-11,19H,3,8-9,12-13H2,1H3.